The second-order valence-electron chi connectivity index (χ2n) is 9.34. The van der Waals surface area contributed by atoms with E-state index in [0.29, 0.717) is 11.5 Å². The Balaban J connectivity index is 0.00000304. The van der Waals surface area contributed by atoms with Gasteiger partial charge in [-0.15, -0.1) is 42.1 Å². The van der Waals surface area contributed by atoms with Crippen molar-refractivity contribution >= 4 is 5.69 Å². The van der Waals surface area contributed by atoms with Crippen LogP contribution in [0.4, 0.5) is 5.69 Å². The molecule has 0 unspecified atom stereocenters. The third-order valence-corrected chi connectivity index (χ3v) is 6.41. The Morgan fingerprint density at radius 1 is 0.833 bits per heavy atom. The fourth-order valence-corrected chi connectivity index (χ4v) is 4.76. The summed E-state index contributed by atoms with van der Waals surface area (Å²) in [5.41, 5.74) is 6.17. The molecule has 0 amide bonds. The summed E-state index contributed by atoms with van der Waals surface area (Å²) in [5.74, 6) is 1.25. The van der Waals surface area contributed by atoms with Gasteiger partial charge in [0.25, 0.3) is 0 Å². The minimum Gasteiger partial charge on any atom is -0.510 e. The Kier molecular flexibility index (Phi) is 7.42. The third kappa shape index (κ3) is 4.98. The molecule has 0 spiro atoms. The van der Waals surface area contributed by atoms with E-state index in [4.69, 9.17) is 9.84 Å². The first-order chi connectivity index (χ1) is 16.8. The molecule has 3 aromatic carbocycles. The van der Waals surface area contributed by atoms with E-state index in [-0.39, 0.29) is 26.5 Å². The van der Waals surface area contributed by atoms with Gasteiger partial charge in [-0.1, -0.05) is 44.2 Å². The Hall–Kier alpha value is -3.30. The molecule has 1 aliphatic heterocycles. The van der Waals surface area contributed by atoms with E-state index >= 15 is 0 Å². The third-order valence-electron chi connectivity index (χ3n) is 6.41. The molecule has 0 N–H and O–H groups in total. The van der Waals surface area contributed by atoms with Gasteiger partial charge in [0.2, 0.25) is 0 Å². The molecule has 0 radical (unpaired) electrons. The molecule has 5 rings (SSSR count). The van der Waals surface area contributed by atoms with Crippen molar-refractivity contribution in [1.29, 1.82) is 0 Å². The SMILES string of the molecule is Cc1nn(-c2[c-]c(Oc3[c-]c(N4C=CN(C)[CH-]4)ccc3)ccc2)c(C)c1C(C)(C)c1ccccc1.[Pt]. The monoisotopic (exact) mass is 656 g/mol. The van der Waals surface area contributed by atoms with Gasteiger partial charge >= 0.3 is 0 Å². The van der Waals surface area contributed by atoms with Crippen LogP contribution in [-0.4, -0.2) is 21.7 Å². The zero-order chi connectivity index (χ0) is 24.6. The summed E-state index contributed by atoms with van der Waals surface area (Å²) < 4.78 is 8.11. The smallest absolute Gasteiger partial charge is 0.0640 e. The Morgan fingerprint density at radius 2 is 1.47 bits per heavy atom. The number of hydrogen-bond donors (Lipinski definition) is 0. The topological polar surface area (TPSA) is 33.5 Å². The summed E-state index contributed by atoms with van der Waals surface area (Å²) in [7, 11) is 1.99. The average molecular weight is 657 g/mol. The van der Waals surface area contributed by atoms with E-state index < -0.39 is 0 Å². The quantitative estimate of drug-likeness (QED) is 0.221. The number of aryl methyl sites for hydroxylation is 1. The van der Waals surface area contributed by atoms with Crippen LogP contribution in [0.3, 0.4) is 0 Å². The van der Waals surface area contributed by atoms with Gasteiger partial charge in [0.1, 0.15) is 0 Å². The maximum atomic E-state index is 6.15. The van der Waals surface area contributed by atoms with E-state index in [1.807, 2.05) is 77.0 Å². The summed E-state index contributed by atoms with van der Waals surface area (Å²) in [6.45, 7) is 10.7. The molecule has 4 aromatic rings. The van der Waals surface area contributed by atoms with E-state index in [0.717, 1.165) is 22.8 Å². The van der Waals surface area contributed by atoms with Crippen LogP contribution in [0.1, 0.15) is 36.4 Å². The molecule has 6 heteroatoms. The molecule has 1 aliphatic rings. The van der Waals surface area contributed by atoms with Crippen LogP contribution in [0.2, 0.25) is 0 Å². The summed E-state index contributed by atoms with van der Waals surface area (Å²) in [4.78, 5) is 3.99. The molecule has 1 aromatic heterocycles. The minimum atomic E-state index is -0.174. The van der Waals surface area contributed by atoms with Gasteiger partial charge in [-0.2, -0.15) is 23.9 Å². The molecule has 188 valence electrons. The standard InChI is InChI=1S/C30H29N4O.Pt/c1-22-29(30(3,4)24-11-7-6-8-12-24)23(2)34(31-22)26-14-10-16-28(20-26)35-27-15-9-13-25(19-27)33-18-17-32(5)21-33;/h6-18,21H,1-5H3;/q-3;. The number of anilines is 1. The van der Waals surface area contributed by atoms with Crippen molar-refractivity contribution < 1.29 is 25.8 Å². The minimum absolute atomic E-state index is 0. The molecule has 2 heterocycles. The average Bonchev–Trinajstić information content (AvgIpc) is 3.42. The summed E-state index contributed by atoms with van der Waals surface area (Å²) >= 11 is 0. The van der Waals surface area contributed by atoms with Crippen LogP contribution in [0.25, 0.3) is 5.69 Å². The molecule has 36 heavy (non-hydrogen) atoms. The molecule has 0 atom stereocenters. The molecule has 5 nitrogen and oxygen atoms in total. The summed E-state index contributed by atoms with van der Waals surface area (Å²) in [6, 6.07) is 29.0. The Bertz CT molecular complexity index is 1380. The molecule has 0 aliphatic carbocycles. The van der Waals surface area contributed by atoms with Crippen molar-refractivity contribution in [3.05, 3.63) is 120 Å². The molecule has 0 saturated heterocycles. The van der Waals surface area contributed by atoms with E-state index in [9.17, 15) is 0 Å². The van der Waals surface area contributed by atoms with Crippen molar-refractivity contribution in [2.75, 3.05) is 11.9 Å². The molecular weight excluding hydrogens is 627 g/mol. The van der Waals surface area contributed by atoms with Crippen molar-refractivity contribution in [3.63, 3.8) is 0 Å². The molecule has 0 saturated carbocycles. The number of aromatic nitrogens is 2. The van der Waals surface area contributed by atoms with Gasteiger partial charge in [-0.25, -0.2) is 0 Å². The fraction of sp³-hybridized carbons (Fsp3) is 0.200. The van der Waals surface area contributed by atoms with Gasteiger partial charge in [0.15, 0.2) is 0 Å². The first kappa shape index (κ1) is 25.8. The van der Waals surface area contributed by atoms with Crippen molar-refractivity contribution in [3.8, 4) is 17.2 Å². The van der Waals surface area contributed by atoms with Crippen LogP contribution in [-0.2, 0) is 26.5 Å². The largest absolute Gasteiger partial charge is 0.510 e. The van der Waals surface area contributed by atoms with Gasteiger partial charge in [0.05, 0.1) is 5.69 Å². The van der Waals surface area contributed by atoms with Crippen molar-refractivity contribution in [2.45, 2.75) is 33.1 Å². The van der Waals surface area contributed by atoms with Crippen molar-refractivity contribution in [2.24, 2.45) is 0 Å². The maximum absolute atomic E-state index is 6.15. The number of benzene rings is 3. The predicted molar refractivity (Wildman–Crippen MR) is 139 cm³/mol. The maximum Gasteiger partial charge on any atom is 0.0640 e. The van der Waals surface area contributed by atoms with Crippen molar-refractivity contribution in [1.82, 2.24) is 14.7 Å². The first-order valence-electron chi connectivity index (χ1n) is 11.7. The molecule has 0 fully saturated rings. The van der Waals surface area contributed by atoms with Crippen LogP contribution >= 0.6 is 0 Å². The van der Waals surface area contributed by atoms with Gasteiger partial charge in [0, 0.05) is 49.2 Å². The second-order valence-corrected chi connectivity index (χ2v) is 9.34. The van der Waals surface area contributed by atoms with E-state index in [1.54, 1.807) is 0 Å². The van der Waals surface area contributed by atoms with Gasteiger partial charge < -0.3 is 14.5 Å². The zero-order valence-electron chi connectivity index (χ0n) is 21.1. The number of hydrogen-bond acceptors (Lipinski definition) is 4. The van der Waals surface area contributed by atoms with Crippen LogP contribution in [0, 0.1) is 32.6 Å². The van der Waals surface area contributed by atoms with Crippen LogP contribution < -0.4 is 9.64 Å². The Morgan fingerprint density at radius 3 is 2.11 bits per heavy atom. The predicted octanol–water partition coefficient (Wildman–Crippen LogP) is 6.55. The Labute approximate surface area is 228 Å². The summed E-state index contributed by atoms with van der Waals surface area (Å²) in [5, 5.41) is 4.89. The number of nitrogens with zero attached hydrogens (tertiary/aromatic N) is 4. The first-order valence-corrected chi connectivity index (χ1v) is 11.7. The van der Waals surface area contributed by atoms with E-state index in [1.165, 1.54) is 11.1 Å². The van der Waals surface area contributed by atoms with Crippen LogP contribution in [0.5, 0.6) is 11.5 Å². The molecular formula is C30H29N4OPt-3. The van der Waals surface area contributed by atoms with Crippen LogP contribution in [0.15, 0.2) is 79.1 Å². The normalized spacial score (nSPS) is 13.1. The zero-order valence-corrected chi connectivity index (χ0v) is 23.4. The number of ether oxygens (including phenoxy) is 1. The fourth-order valence-electron chi connectivity index (χ4n) is 4.76. The number of rotatable bonds is 6. The second kappa shape index (κ2) is 10.4. The summed E-state index contributed by atoms with van der Waals surface area (Å²) in [6.07, 6.45) is 3.97. The molecule has 0 bridgehead atoms. The van der Waals surface area contributed by atoms with E-state index in [2.05, 4.69) is 70.2 Å². The van der Waals surface area contributed by atoms with Gasteiger partial charge in [-0.05, 0) is 44.5 Å². The van der Waals surface area contributed by atoms with Gasteiger partial charge in [-0.3, -0.25) is 4.68 Å².